The molecule has 8 heteroatoms. The molecule has 146 valence electrons. The second-order valence-electron chi connectivity index (χ2n) is 7.27. The highest BCUT2D eigenvalue weighted by Gasteiger charge is 2.32. The summed E-state index contributed by atoms with van der Waals surface area (Å²) < 4.78 is 27.7. The highest BCUT2D eigenvalue weighted by Crippen LogP contribution is 2.33. The van der Waals surface area contributed by atoms with Crippen LogP contribution in [0.2, 0.25) is 0 Å². The van der Waals surface area contributed by atoms with Crippen molar-refractivity contribution in [2.75, 3.05) is 17.5 Å². The molecule has 0 saturated carbocycles. The van der Waals surface area contributed by atoms with E-state index in [9.17, 15) is 13.2 Å². The van der Waals surface area contributed by atoms with Gasteiger partial charge in [0.1, 0.15) is 0 Å². The Labute approximate surface area is 160 Å². The first-order chi connectivity index (χ1) is 12.7. The molecule has 0 radical (unpaired) electrons. The van der Waals surface area contributed by atoms with Crippen LogP contribution in [-0.4, -0.2) is 41.8 Å². The molecule has 1 aromatic carbocycles. The van der Waals surface area contributed by atoms with Gasteiger partial charge in [0.25, 0.3) is 5.91 Å². The zero-order chi connectivity index (χ0) is 19.8. The summed E-state index contributed by atoms with van der Waals surface area (Å²) in [5, 5.41) is 4.57. The average molecular weight is 391 g/mol. The van der Waals surface area contributed by atoms with Crippen LogP contribution in [0.25, 0.3) is 0 Å². The first-order valence-corrected chi connectivity index (χ1v) is 10.9. The van der Waals surface area contributed by atoms with Gasteiger partial charge in [0, 0.05) is 19.3 Å². The SMILES string of the molecule is Cc1ccc(NS(C)(=O)=O)c(C(=O)N2CCCC[C@H]2c2cc(C)n(C)n2)c1. The van der Waals surface area contributed by atoms with Gasteiger partial charge < -0.3 is 4.90 Å². The number of sulfonamides is 1. The van der Waals surface area contributed by atoms with E-state index in [1.807, 2.05) is 36.5 Å². The quantitative estimate of drug-likeness (QED) is 0.870. The number of nitrogens with one attached hydrogen (secondary N) is 1. The highest BCUT2D eigenvalue weighted by molar-refractivity contribution is 7.92. The Morgan fingerprint density at radius 2 is 1.96 bits per heavy atom. The number of nitrogens with zero attached hydrogens (tertiary/aromatic N) is 3. The normalized spacial score (nSPS) is 17.8. The molecule has 1 fully saturated rings. The van der Waals surface area contributed by atoms with Crippen LogP contribution in [0.1, 0.15) is 52.6 Å². The van der Waals surface area contributed by atoms with E-state index in [-0.39, 0.29) is 11.9 Å². The van der Waals surface area contributed by atoms with E-state index in [0.717, 1.165) is 42.5 Å². The Morgan fingerprint density at radius 3 is 2.59 bits per heavy atom. The van der Waals surface area contributed by atoms with Crippen LogP contribution in [0, 0.1) is 13.8 Å². The summed E-state index contributed by atoms with van der Waals surface area (Å²) in [4.78, 5) is 15.2. The van der Waals surface area contributed by atoms with Gasteiger partial charge in [-0.25, -0.2) is 8.42 Å². The molecule has 27 heavy (non-hydrogen) atoms. The lowest BCUT2D eigenvalue weighted by Gasteiger charge is -2.35. The lowest BCUT2D eigenvalue weighted by atomic mass is 9.97. The Kier molecular flexibility index (Phi) is 5.28. The number of aromatic nitrogens is 2. The summed E-state index contributed by atoms with van der Waals surface area (Å²) in [6.07, 6.45) is 3.89. The van der Waals surface area contributed by atoms with Crippen LogP contribution in [0.5, 0.6) is 0 Å². The van der Waals surface area contributed by atoms with Crippen molar-refractivity contribution in [2.24, 2.45) is 7.05 Å². The van der Waals surface area contributed by atoms with E-state index in [4.69, 9.17) is 0 Å². The molecular formula is C19H26N4O3S. The number of amides is 1. The van der Waals surface area contributed by atoms with Crippen molar-refractivity contribution in [3.8, 4) is 0 Å². The maximum atomic E-state index is 13.4. The first kappa shape index (κ1) is 19.4. The fourth-order valence-electron chi connectivity index (χ4n) is 3.51. The zero-order valence-corrected chi connectivity index (χ0v) is 17.0. The van der Waals surface area contributed by atoms with Crippen LogP contribution in [0.4, 0.5) is 5.69 Å². The van der Waals surface area contributed by atoms with Gasteiger partial charge in [-0.1, -0.05) is 11.6 Å². The fraction of sp³-hybridized carbons (Fsp3) is 0.474. The molecule has 7 nitrogen and oxygen atoms in total. The maximum absolute atomic E-state index is 13.4. The second-order valence-corrected chi connectivity index (χ2v) is 9.02. The van der Waals surface area contributed by atoms with Crippen molar-refractivity contribution in [1.82, 2.24) is 14.7 Å². The zero-order valence-electron chi connectivity index (χ0n) is 16.2. The third-order valence-electron chi connectivity index (χ3n) is 4.94. The van der Waals surface area contributed by atoms with Gasteiger partial charge >= 0.3 is 0 Å². The minimum absolute atomic E-state index is 0.0993. The van der Waals surface area contributed by atoms with Crippen molar-refractivity contribution in [3.63, 3.8) is 0 Å². The van der Waals surface area contributed by atoms with Gasteiger partial charge in [-0.2, -0.15) is 5.10 Å². The van der Waals surface area contributed by atoms with Gasteiger partial charge in [0.05, 0.1) is 29.2 Å². The monoisotopic (exact) mass is 390 g/mol. The molecule has 1 N–H and O–H groups in total. The summed E-state index contributed by atoms with van der Waals surface area (Å²) in [6, 6.07) is 7.10. The van der Waals surface area contributed by atoms with Gasteiger partial charge in [-0.15, -0.1) is 0 Å². The van der Waals surface area contributed by atoms with Crippen LogP contribution < -0.4 is 4.72 Å². The molecule has 0 aliphatic carbocycles. The highest BCUT2D eigenvalue weighted by atomic mass is 32.2. The number of carbonyl (C=O) groups is 1. The van der Waals surface area contributed by atoms with Gasteiger partial charge in [0.15, 0.2) is 0 Å². The summed E-state index contributed by atoms with van der Waals surface area (Å²) in [6.45, 7) is 4.50. The average Bonchev–Trinajstić information content (AvgIpc) is 2.93. The molecule has 1 aliphatic heterocycles. The fourth-order valence-corrected chi connectivity index (χ4v) is 4.09. The Morgan fingerprint density at radius 1 is 1.22 bits per heavy atom. The number of hydrogen-bond donors (Lipinski definition) is 1. The smallest absolute Gasteiger partial charge is 0.256 e. The predicted molar refractivity (Wildman–Crippen MR) is 105 cm³/mol. The van der Waals surface area contributed by atoms with Crippen molar-refractivity contribution >= 4 is 21.6 Å². The van der Waals surface area contributed by atoms with Gasteiger partial charge in [0.2, 0.25) is 10.0 Å². The first-order valence-electron chi connectivity index (χ1n) is 9.05. The van der Waals surface area contributed by atoms with Gasteiger partial charge in [-0.05, 0) is 51.3 Å². The number of benzene rings is 1. The van der Waals surface area contributed by atoms with E-state index in [0.29, 0.717) is 17.8 Å². The van der Waals surface area contributed by atoms with Crippen molar-refractivity contribution < 1.29 is 13.2 Å². The van der Waals surface area contributed by atoms with Crippen molar-refractivity contribution in [2.45, 2.75) is 39.2 Å². The lowest BCUT2D eigenvalue weighted by Crippen LogP contribution is -2.39. The van der Waals surface area contributed by atoms with Crippen molar-refractivity contribution in [3.05, 3.63) is 46.8 Å². The van der Waals surface area contributed by atoms with E-state index < -0.39 is 10.0 Å². The third kappa shape index (κ3) is 4.32. The molecular weight excluding hydrogens is 364 g/mol. The Bertz CT molecular complexity index is 946. The largest absolute Gasteiger partial charge is 0.330 e. The van der Waals surface area contributed by atoms with Crippen LogP contribution in [0.15, 0.2) is 24.3 Å². The minimum atomic E-state index is -3.48. The molecule has 2 aromatic rings. The molecule has 0 bridgehead atoms. The number of likely N-dealkylation sites (tertiary alicyclic amines) is 1. The summed E-state index contributed by atoms with van der Waals surface area (Å²) in [7, 11) is -1.59. The predicted octanol–water partition coefficient (Wildman–Crippen LogP) is 2.78. The van der Waals surface area contributed by atoms with Gasteiger partial charge in [-0.3, -0.25) is 14.2 Å². The maximum Gasteiger partial charge on any atom is 0.256 e. The minimum Gasteiger partial charge on any atom is -0.330 e. The lowest BCUT2D eigenvalue weighted by molar-refractivity contribution is 0.0606. The third-order valence-corrected chi connectivity index (χ3v) is 5.53. The van der Waals surface area contributed by atoms with Crippen LogP contribution in [0.3, 0.4) is 0 Å². The summed E-state index contributed by atoms with van der Waals surface area (Å²) in [5.41, 5.74) is 3.51. The van der Waals surface area contributed by atoms with E-state index in [1.165, 1.54) is 0 Å². The number of anilines is 1. The molecule has 2 heterocycles. The standard InChI is InChI=1S/C19H26N4O3S/c1-13-8-9-16(21-27(4,25)26)15(11-13)19(24)23-10-6-5-7-18(23)17-12-14(2)22(3)20-17/h8-9,11-12,18,21H,5-7,10H2,1-4H3/t18-/m0/s1. The van der Waals surface area contributed by atoms with Crippen molar-refractivity contribution in [1.29, 1.82) is 0 Å². The molecule has 1 atom stereocenters. The van der Waals surface area contributed by atoms with Crippen LogP contribution in [-0.2, 0) is 17.1 Å². The van der Waals surface area contributed by atoms with E-state index in [1.54, 1.807) is 18.2 Å². The van der Waals surface area contributed by atoms with E-state index in [2.05, 4.69) is 9.82 Å². The topological polar surface area (TPSA) is 84.3 Å². The number of carbonyl (C=O) groups excluding carboxylic acids is 1. The molecule has 1 amide bonds. The molecule has 0 spiro atoms. The Balaban J connectivity index is 1.99. The molecule has 1 saturated heterocycles. The van der Waals surface area contributed by atoms with E-state index >= 15 is 0 Å². The number of hydrogen-bond acceptors (Lipinski definition) is 4. The summed E-state index contributed by atoms with van der Waals surface area (Å²) >= 11 is 0. The number of rotatable bonds is 4. The number of piperidine rings is 1. The number of aryl methyl sites for hydroxylation is 3. The second kappa shape index (κ2) is 7.34. The molecule has 0 unspecified atom stereocenters. The van der Waals surface area contributed by atoms with Crippen LogP contribution >= 0.6 is 0 Å². The molecule has 3 rings (SSSR count). The Hall–Kier alpha value is -2.35. The molecule has 1 aromatic heterocycles. The summed E-state index contributed by atoms with van der Waals surface area (Å²) in [5.74, 6) is -0.169. The molecule has 1 aliphatic rings.